The molecular formula is C13H13BrN2O3. The number of hydrogen-bond donors (Lipinski definition) is 1. The van der Waals surface area contributed by atoms with E-state index in [2.05, 4.69) is 21.1 Å². The van der Waals surface area contributed by atoms with Gasteiger partial charge < -0.3 is 19.7 Å². The molecule has 19 heavy (non-hydrogen) atoms. The fourth-order valence-corrected chi connectivity index (χ4v) is 2.62. The van der Waals surface area contributed by atoms with Crippen molar-refractivity contribution in [3.8, 4) is 22.8 Å². The van der Waals surface area contributed by atoms with Crippen LogP contribution in [0.2, 0.25) is 0 Å². The van der Waals surface area contributed by atoms with E-state index in [0.717, 1.165) is 33.5 Å². The van der Waals surface area contributed by atoms with Crippen LogP contribution >= 0.6 is 15.9 Å². The SMILES string of the molecule is Cc1c(-c2cc(N)on2)cc(Br)c2c1OCCCO2. The molecule has 0 atom stereocenters. The van der Waals surface area contributed by atoms with Crippen LogP contribution in [0, 0.1) is 6.92 Å². The van der Waals surface area contributed by atoms with Crippen molar-refractivity contribution in [1.82, 2.24) is 5.16 Å². The molecule has 0 saturated heterocycles. The summed E-state index contributed by atoms with van der Waals surface area (Å²) in [5, 5.41) is 3.94. The molecule has 0 amide bonds. The van der Waals surface area contributed by atoms with Crippen LogP contribution in [0.1, 0.15) is 12.0 Å². The smallest absolute Gasteiger partial charge is 0.222 e. The van der Waals surface area contributed by atoms with Crippen molar-refractivity contribution in [3.05, 3.63) is 22.2 Å². The number of nitrogens with two attached hydrogens (primary N) is 1. The molecule has 2 heterocycles. The molecule has 0 unspecified atom stereocenters. The predicted octanol–water partition coefficient (Wildman–Crippen LogP) is 3.16. The summed E-state index contributed by atoms with van der Waals surface area (Å²) in [6.45, 7) is 3.27. The van der Waals surface area contributed by atoms with Gasteiger partial charge in [-0.2, -0.15) is 0 Å². The van der Waals surface area contributed by atoms with Crippen molar-refractivity contribution < 1.29 is 14.0 Å². The van der Waals surface area contributed by atoms with Crippen LogP contribution in [0.3, 0.4) is 0 Å². The van der Waals surface area contributed by atoms with Crippen molar-refractivity contribution in [3.63, 3.8) is 0 Å². The molecule has 2 N–H and O–H groups in total. The fraction of sp³-hybridized carbons (Fsp3) is 0.308. The van der Waals surface area contributed by atoms with Gasteiger partial charge in [0, 0.05) is 23.6 Å². The Bertz CT molecular complexity index is 625. The van der Waals surface area contributed by atoms with Crippen molar-refractivity contribution in [1.29, 1.82) is 0 Å². The van der Waals surface area contributed by atoms with Gasteiger partial charge in [-0.3, -0.25) is 0 Å². The molecule has 0 radical (unpaired) electrons. The molecule has 5 nitrogen and oxygen atoms in total. The lowest BCUT2D eigenvalue weighted by Gasteiger charge is -2.14. The van der Waals surface area contributed by atoms with Gasteiger partial charge in [-0.1, -0.05) is 5.16 Å². The summed E-state index contributed by atoms with van der Waals surface area (Å²) in [4.78, 5) is 0. The Morgan fingerprint density at radius 2 is 1.95 bits per heavy atom. The van der Waals surface area contributed by atoms with E-state index < -0.39 is 0 Å². The van der Waals surface area contributed by atoms with E-state index in [1.54, 1.807) is 6.07 Å². The number of ether oxygens (including phenoxy) is 2. The molecule has 0 fully saturated rings. The average Bonchev–Trinajstić information content (AvgIpc) is 2.66. The van der Waals surface area contributed by atoms with Gasteiger partial charge >= 0.3 is 0 Å². The second-order valence-electron chi connectivity index (χ2n) is 4.35. The number of nitrogens with zero attached hydrogens (tertiary/aromatic N) is 1. The summed E-state index contributed by atoms with van der Waals surface area (Å²) in [6, 6.07) is 3.64. The van der Waals surface area contributed by atoms with E-state index in [0.29, 0.717) is 18.9 Å². The molecule has 6 heteroatoms. The first kappa shape index (κ1) is 12.3. The summed E-state index contributed by atoms with van der Waals surface area (Å²) in [6.07, 6.45) is 0.868. The minimum atomic E-state index is 0.289. The summed E-state index contributed by atoms with van der Waals surface area (Å²) in [5.74, 6) is 1.79. The third-order valence-corrected chi connectivity index (χ3v) is 3.61. The maximum atomic E-state index is 5.78. The monoisotopic (exact) mass is 324 g/mol. The maximum Gasteiger partial charge on any atom is 0.222 e. The summed E-state index contributed by atoms with van der Waals surface area (Å²) in [7, 11) is 0. The van der Waals surface area contributed by atoms with Crippen LogP contribution in [-0.2, 0) is 0 Å². The first-order chi connectivity index (χ1) is 9.16. The lowest BCUT2D eigenvalue weighted by Crippen LogP contribution is -1.98. The summed E-state index contributed by atoms with van der Waals surface area (Å²) in [5.41, 5.74) is 8.14. The molecule has 1 aliphatic rings. The van der Waals surface area contributed by atoms with E-state index in [-0.39, 0.29) is 5.88 Å². The van der Waals surface area contributed by atoms with Gasteiger partial charge in [-0.15, -0.1) is 0 Å². The highest BCUT2D eigenvalue weighted by Gasteiger charge is 2.21. The zero-order chi connectivity index (χ0) is 13.4. The normalized spacial score (nSPS) is 14.2. The van der Waals surface area contributed by atoms with E-state index in [4.69, 9.17) is 19.7 Å². The highest BCUT2D eigenvalue weighted by atomic mass is 79.9. The van der Waals surface area contributed by atoms with Gasteiger partial charge in [0.25, 0.3) is 0 Å². The summed E-state index contributed by atoms with van der Waals surface area (Å²) < 4.78 is 17.3. The lowest BCUT2D eigenvalue weighted by atomic mass is 10.0. The number of anilines is 1. The van der Waals surface area contributed by atoms with E-state index in [1.165, 1.54) is 0 Å². The quantitative estimate of drug-likeness (QED) is 0.872. The van der Waals surface area contributed by atoms with Gasteiger partial charge in [0.05, 0.1) is 17.7 Å². The Morgan fingerprint density at radius 1 is 1.21 bits per heavy atom. The molecular weight excluding hydrogens is 312 g/mol. The van der Waals surface area contributed by atoms with Crippen molar-refractivity contribution in [2.24, 2.45) is 0 Å². The Balaban J connectivity index is 2.17. The second kappa shape index (κ2) is 4.77. The molecule has 0 saturated carbocycles. The van der Waals surface area contributed by atoms with Crippen molar-refractivity contribution in [2.75, 3.05) is 18.9 Å². The van der Waals surface area contributed by atoms with Crippen LogP contribution in [-0.4, -0.2) is 18.4 Å². The average molecular weight is 325 g/mol. The fourth-order valence-electron chi connectivity index (χ4n) is 2.10. The molecule has 1 aromatic carbocycles. The maximum absolute atomic E-state index is 5.78. The number of rotatable bonds is 1. The number of benzene rings is 1. The van der Waals surface area contributed by atoms with Gasteiger partial charge in [0.15, 0.2) is 11.5 Å². The molecule has 3 rings (SSSR count). The van der Waals surface area contributed by atoms with Gasteiger partial charge in [0.2, 0.25) is 5.88 Å². The number of halogens is 1. The highest BCUT2D eigenvalue weighted by Crippen LogP contribution is 2.44. The number of aromatic nitrogens is 1. The molecule has 1 aliphatic heterocycles. The molecule has 0 spiro atoms. The zero-order valence-electron chi connectivity index (χ0n) is 10.4. The Kier molecular flexibility index (Phi) is 3.10. The Morgan fingerprint density at radius 3 is 2.63 bits per heavy atom. The van der Waals surface area contributed by atoms with E-state index >= 15 is 0 Å². The molecule has 1 aromatic heterocycles. The van der Waals surface area contributed by atoms with Gasteiger partial charge in [-0.05, 0) is 28.9 Å². The second-order valence-corrected chi connectivity index (χ2v) is 5.21. The Labute approximate surface area is 118 Å². The van der Waals surface area contributed by atoms with Crippen LogP contribution < -0.4 is 15.2 Å². The van der Waals surface area contributed by atoms with Crippen LogP contribution in [0.25, 0.3) is 11.3 Å². The molecule has 0 aliphatic carbocycles. The van der Waals surface area contributed by atoms with E-state index in [9.17, 15) is 0 Å². The number of nitrogen functional groups attached to an aromatic ring is 1. The van der Waals surface area contributed by atoms with Gasteiger partial charge in [-0.25, -0.2) is 0 Å². The third kappa shape index (κ3) is 2.16. The number of fused-ring (bicyclic) bond motifs is 1. The van der Waals surface area contributed by atoms with E-state index in [1.807, 2.05) is 13.0 Å². The first-order valence-corrected chi connectivity index (χ1v) is 6.77. The molecule has 2 aromatic rings. The van der Waals surface area contributed by atoms with Crippen LogP contribution in [0.15, 0.2) is 21.1 Å². The minimum absolute atomic E-state index is 0.289. The number of hydrogen-bond acceptors (Lipinski definition) is 5. The largest absolute Gasteiger partial charge is 0.489 e. The standard InChI is InChI=1S/C13H13BrN2O3/c1-7-8(10-6-11(15)19-16-10)5-9(14)13-12(7)17-3-2-4-18-13/h5-6H,2-4,15H2,1H3. The molecule has 100 valence electrons. The van der Waals surface area contributed by atoms with Crippen molar-refractivity contribution in [2.45, 2.75) is 13.3 Å². The zero-order valence-corrected chi connectivity index (χ0v) is 12.0. The van der Waals surface area contributed by atoms with Crippen LogP contribution in [0.5, 0.6) is 11.5 Å². The minimum Gasteiger partial charge on any atom is -0.489 e. The Hall–Kier alpha value is -1.69. The van der Waals surface area contributed by atoms with Crippen LogP contribution in [0.4, 0.5) is 5.88 Å². The van der Waals surface area contributed by atoms with Gasteiger partial charge in [0.1, 0.15) is 5.69 Å². The summed E-state index contributed by atoms with van der Waals surface area (Å²) >= 11 is 3.51. The highest BCUT2D eigenvalue weighted by molar-refractivity contribution is 9.10. The lowest BCUT2D eigenvalue weighted by molar-refractivity contribution is 0.296. The first-order valence-electron chi connectivity index (χ1n) is 5.98. The topological polar surface area (TPSA) is 70.5 Å². The van der Waals surface area contributed by atoms with Crippen molar-refractivity contribution >= 4 is 21.8 Å². The third-order valence-electron chi connectivity index (χ3n) is 3.02. The predicted molar refractivity (Wildman–Crippen MR) is 74.4 cm³/mol. The molecule has 0 bridgehead atoms.